The van der Waals surface area contributed by atoms with Crippen molar-refractivity contribution in [2.45, 2.75) is 38.4 Å². The molecule has 1 aliphatic carbocycles. The SMILES string of the molecule is O=[P+]1OC(C2CCCCC2)O[P+](=O)O1. The normalized spacial score (nSPS) is 35.9. The maximum Gasteiger partial charge on any atom is 0.750 e. The molecule has 1 heterocycles. The summed E-state index contributed by atoms with van der Waals surface area (Å²) in [5.74, 6) is 0.213. The molecule has 1 saturated carbocycles. The van der Waals surface area contributed by atoms with Gasteiger partial charge in [0.2, 0.25) is 0 Å². The molecule has 14 heavy (non-hydrogen) atoms. The van der Waals surface area contributed by atoms with Gasteiger partial charge in [-0.15, -0.1) is 0 Å². The molecule has 7 heteroatoms. The predicted molar refractivity (Wildman–Crippen MR) is 48.8 cm³/mol. The molecule has 0 aromatic carbocycles. The maximum absolute atomic E-state index is 11.0. The van der Waals surface area contributed by atoms with Crippen molar-refractivity contribution in [3.63, 3.8) is 0 Å². The zero-order chi connectivity index (χ0) is 9.97. The van der Waals surface area contributed by atoms with E-state index in [1.165, 1.54) is 6.42 Å². The minimum Gasteiger partial charge on any atom is -0.0786 e. The van der Waals surface area contributed by atoms with Crippen molar-refractivity contribution in [1.82, 2.24) is 0 Å². The zero-order valence-electron chi connectivity index (χ0n) is 7.63. The van der Waals surface area contributed by atoms with Crippen molar-refractivity contribution in [1.29, 1.82) is 0 Å². The molecule has 0 amide bonds. The number of hydrogen-bond acceptors (Lipinski definition) is 5. The molecule has 78 valence electrons. The summed E-state index contributed by atoms with van der Waals surface area (Å²) in [7, 11) is -4.51. The van der Waals surface area contributed by atoms with E-state index in [1.54, 1.807) is 0 Å². The van der Waals surface area contributed by atoms with Crippen molar-refractivity contribution in [3.05, 3.63) is 0 Å². The first-order chi connectivity index (χ1) is 6.75. The Hall–Kier alpha value is 0.0800. The van der Waals surface area contributed by atoms with E-state index in [0.29, 0.717) is 0 Å². The quantitative estimate of drug-likeness (QED) is 0.656. The lowest BCUT2D eigenvalue weighted by Crippen LogP contribution is -2.26. The van der Waals surface area contributed by atoms with E-state index in [1.807, 2.05) is 0 Å². The summed E-state index contributed by atoms with van der Waals surface area (Å²) in [5, 5.41) is 0. The molecule has 0 radical (unpaired) electrons. The van der Waals surface area contributed by atoms with Gasteiger partial charge in [0.05, 0.1) is 0 Å². The van der Waals surface area contributed by atoms with Crippen molar-refractivity contribution < 1.29 is 22.5 Å². The first kappa shape index (κ1) is 10.6. The molecule has 2 atom stereocenters. The summed E-state index contributed by atoms with van der Waals surface area (Å²) in [6.07, 6.45) is 4.84. The Morgan fingerprint density at radius 3 is 2.07 bits per heavy atom. The molecule has 1 aliphatic heterocycles. The van der Waals surface area contributed by atoms with Crippen molar-refractivity contribution in [2.75, 3.05) is 0 Å². The van der Waals surface area contributed by atoms with Crippen molar-refractivity contribution in [3.8, 4) is 0 Å². The standard InChI is InChI=1S/C7H12O5P2/c8-13-10-7(11-14(9)12-13)6-4-2-1-3-5-6/h6-7H,1-5H2/q+2. The van der Waals surface area contributed by atoms with Gasteiger partial charge in [-0.2, -0.15) is 0 Å². The lowest BCUT2D eigenvalue weighted by atomic mass is 9.89. The van der Waals surface area contributed by atoms with E-state index in [4.69, 9.17) is 9.05 Å². The van der Waals surface area contributed by atoms with Gasteiger partial charge in [-0.3, -0.25) is 0 Å². The molecule has 0 aromatic heterocycles. The third-order valence-electron chi connectivity index (χ3n) is 2.55. The van der Waals surface area contributed by atoms with Crippen LogP contribution >= 0.6 is 16.5 Å². The van der Waals surface area contributed by atoms with Gasteiger partial charge in [0.1, 0.15) is 0 Å². The van der Waals surface area contributed by atoms with Crippen LogP contribution in [0.1, 0.15) is 32.1 Å². The van der Waals surface area contributed by atoms with E-state index in [2.05, 4.69) is 4.31 Å². The van der Waals surface area contributed by atoms with Gasteiger partial charge in [0.15, 0.2) is 4.31 Å². The third kappa shape index (κ3) is 2.56. The second-order valence-electron chi connectivity index (χ2n) is 3.51. The summed E-state index contributed by atoms with van der Waals surface area (Å²) < 4.78 is 36.3. The average Bonchev–Trinajstić information content (AvgIpc) is 2.18. The van der Waals surface area contributed by atoms with Crippen LogP contribution in [-0.4, -0.2) is 6.29 Å². The van der Waals surface area contributed by atoms with E-state index in [0.717, 1.165) is 25.7 Å². The first-order valence-electron chi connectivity index (χ1n) is 4.72. The fourth-order valence-electron chi connectivity index (χ4n) is 1.86. The highest BCUT2D eigenvalue weighted by Gasteiger charge is 2.54. The Bertz CT molecular complexity index is 234. The Balaban J connectivity index is 1.95. The Kier molecular flexibility index (Phi) is 3.58. The second kappa shape index (κ2) is 4.73. The maximum atomic E-state index is 11.0. The molecule has 1 saturated heterocycles. The molecular formula is C7H12O5P2+2. The first-order valence-corrected chi connectivity index (χ1v) is 6.91. The number of rotatable bonds is 1. The van der Waals surface area contributed by atoms with Gasteiger partial charge in [-0.1, -0.05) is 28.3 Å². The van der Waals surface area contributed by atoms with Gasteiger partial charge >= 0.3 is 16.5 Å². The van der Waals surface area contributed by atoms with E-state index in [-0.39, 0.29) is 5.92 Å². The zero-order valence-corrected chi connectivity index (χ0v) is 9.41. The molecule has 5 nitrogen and oxygen atoms in total. The van der Waals surface area contributed by atoms with Crippen LogP contribution in [-0.2, 0) is 22.5 Å². The van der Waals surface area contributed by atoms with Crippen LogP contribution in [0.3, 0.4) is 0 Å². The minimum atomic E-state index is -2.25. The summed E-state index contributed by atoms with van der Waals surface area (Å²) in [6.45, 7) is 0. The molecule has 0 spiro atoms. The minimum absolute atomic E-state index is 0.213. The third-order valence-corrected chi connectivity index (χ3v) is 4.37. The molecule has 0 N–H and O–H groups in total. The van der Waals surface area contributed by atoms with Gasteiger partial charge in [0, 0.05) is 15.0 Å². The average molecular weight is 238 g/mol. The van der Waals surface area contributed by atoms with Crippen LogP contribution in [0.5, 0.6) is 0 Å². The highest BCUT2D eigenvalue weighted by molar-refractivity contribution is 7.48. The molecule has 2 aliphatic rings. The highest BCUT2D eigenvalue weighted by Crippen LogP contribution is 2.50. The molecule has 2 fully saturated rings. The van der Waals surface area contributed by atoms with Gasteiger partial charge in [-0.05, 0) is 12.8 Å². The Labute approximate surface area is 84.0 Å². The fraction of sp³-hybridized carbons (Fsp3) is 1.00. The van der Waals surface area contributed by atoms with Crippen LogP contribution in [0.4, 0.5) is 0 Å². The number of hydrogen-bond donors (Lipinski definition) is 0. The van der Waals surface area contributed by atoms with Crippen LogP contribution in [0.25, 0.3) is 0 Å². The lowest BCUT2D eigenvalue weighted by molar-refractivity contribution is -0.0671. The summed E-state index contributed by atoms with van der Waals surface area (Å²) in [5.41, 5.74) is 0. The molecule has 2 unspecified atom stereocenters. The summed E-state index contributed by atoms with van der Waals surface area (Å²) >= 11 is 0. The Morgan fingerprint density at radius 1 is 0.929 bits per heavy atom. The van der Waals surface area contributed by atoms with E-state index >= 15 is 0 Å². The van der Waals surface area contributed by atoms with Crippen LogP contribution in [0, 0.1) is 5.92 Å². The van der Waals surface area contributed by atoms with E-state index < -0.39 is 22.8 Å². The van der Waals surface area contributed by atoms with Crippen LogP contribution in [0.2, 0.25) is 0 Å². The fourth-order valence-corrected chi connectivity index (χ4v) is 3.44. The second-order valence-corrected chi connectivity index (χ2v) is 5.48. The van der Waals surface area contributed by atoms with Gasteiger partial charge in [0.25, 0.3) is 6.29 Å². The highest BCUT2D eigenvalue weighted by atomic mass is 31.2. The van der Waals surface area contributed by atoms with Crippen LogP contribution in [0.15, 0.2) is 0 Å². The molecule has 0 aromatic rings. The van der Waals surface area contributed by atoms with Gasteiger partial charge < -0.3 is 0 Å². The summed E-state index contributed by atoms with van der Waals surface area (Å²) in [4.78, 5) is 0. The Morgan fingerprint density at radius 2 is 1.50 bits per heavy atom. The smallest absolute Gasteiger partial charge is 0.0786 e. The molecule has 0 bridgehead atoms. The van der Waals surface area contributed by atoms with Gasteiger partial charge in [-0.25, -0.2) is 0 Å². The van der Waals surface area contributed by atoms with Crippen molar-refractivity contribution in [2.24, 2.45) is 5.92 Å². The topological polar surface area (TPSA) is 61.8 Å². The predicted octanol–water partition coefficient (Wildman–Crippen LogP) is 3.27. The lowest BCUT2D eigenvalue weighted by Gasteiger charge is -2.22. The van der Waals surface area contributed by atoms with Crippen LogP contribution < -0.4 is 0 Å². The van der Waals surface area contributed by atoms with Crippen molar-refractivity contribution >= 4 is 16.5 Å². The molecule has 2 rings (SSSR count). The monoisotopic (exact) mass is 238 g/mol. The molecular weight excluding hydrogens is 226 g/mol. The van der Waals surface area contributed by atoms with E-state index in [9.17, 15) is 9.13 Å². The summed E-state index contributed by atoms with van der Waals surface area (Å²) in [6, 6.07) is 0. The largest absolute Gasteiger partial charge is 0.750 e.